The normalized spacial score (nSPS) is 22.9. The van der Waals surface area contributed by atoms with Crippen molar-refractivity contribution in [2.45, 2.75) is 71.3 Å². The molecule has 0 saturated carbocycles. The number of rotatable bonds is 10. The van der Waals surface area contributed by atoms with Gasteiger partial charge in [0, 0.05) is 32.9 Å². The van der Waals surface area contributed by atoms with Gasteiger partial charge < -0.3 is 33.7 Å². The van der Waals surface area contributed by atoms with E-state index < -0.39 is 42.9 Å². The summed E-state index contributed by atoms with van der Waals surface area (Å²) in [5.41, 5.74) is -0.120. The number of cyclic esters (lactones) is 1. The van der Waals surface area contributed by atoms with Gasteiger partial charge in [0.1, 0.15) is 18.2 Å². The third-order valence-electron chi connectivity index (χ3n) is 5.39. The molecule has 1 fully saturated rings. The molecule has 1 saturated heterocycles. The van der Waals surface area contributed by atoms with Crippen LogP contribution in [0.25, 0.3) is 0 Å². The van der Waals surface area contributed by atoms with E-state index in [-0.39, 0.29) is 23.3 Å². The third kappa shape index (κ3) is 8.36. The van der Waals surface area contributed by atoms with E-state index in [2.05, 4.69) is 24.1 Å². The maximum Gasteiger partial charge on any atom is 0.329 e. The highest BCUT2D eigenvalue weighted by molar-refractivity contribution is 5.98. The van der Waals surface area contributed by atoms with Gasteiger partial charge in [-0.25, -0.2) is 9.78 Å². The van der Waals surface area contributed by atoms with Crippen LogP contribution in [0.3, 0.4) is 0 Å². The van der Waals surface area contributed by atoms with Gasteiger partial charge in [0.05, 0.1) is 13.2 Å². The SMILES string of the molecule is COc1ccnc(C(=O)N[C@H]2CCC[C@H](OCC(C)C)[C@@H](OC)[C@H](C)OC2=O)c1OCOC(C)=O. The van der Waals surface area contributed by atoms with Crippen molar-refractivity contribution in [2.24, 2.45) is 5.92 Å². The van der Waals surface area contributed by atoms with Crippen LogP contribution in [0.1, 0.15) is 57.4 Å². The fraction of sp³-hybridized carbons (Fsp3) is 0.667. The van der Waals surface area contributed by atoms with Crippen molar-refractivity contribution >= 4 is 17.8 Å². The third-order valence-corrected chi connectivity index (χ3v) is 5.39. The summed E-state index contributed by atoms with van der Waals surface area (Å²) in [6, 6.07) is 0.582. The zero-order valence-corrected chi connectivity index (χ0v) is 21.2. The van der Waals surface area contributed by atoms with Crippen LogP contribution in [0.2, 0.25) is 0 Å². The molecule has 196 valence electrons. The average Bonchev–Trinajstić information content (AvgIpc) is 2.85. The van der Waals surface area contributed by atoms with Crippen molar-refractivity contribution in [3.63, 3.8) is 0 Å². The maximum atomic E-state index is 13.1. The van der Waals surface area contributed by atoms with Gasteiger partial charge in [-0.15, -0.1) is 0 Å². The van der Waals surface area contributed by atoms with Crippen molar-refractivity contribution in [1.82, 2.24) is 10.3 Å². The Bertz CT molecular complexity index is 861. The van der Waals surface area contributed by atoms with Crippen LogP contribution in [-0.2, 0) is 28.5 Å². The number of carbonyl (C=O) groups is 3. The van der Waals surface area contributed by atoms with E-state index in [1.807, 2.05) is 0 Å². The van der Waals surface area contributed by atoms with Crippen molar-refractivity contribution in [3.05, 3.63) is 18.0 Å². The van der Waals surface area contributed by atoms with Gasteiger partial charge in [-0.1, -0.05) is 13.8 Å². The first-order chi connectivity index (χ1) is 16.7. The molecule has 2 rings (SSSR count). The summed E-state index contributed by atoms with van der Waals surface area (Å²) >= 11 is 0. The van der Waals surface area contributed by atoms with Crippen LogP contribution in [-0.4, -0.2) is 74.8 Å². The Morgan fingerprint density at radius 1 is 1.26 bits per heavy atom. The van der Waals surface area contributed by atoms with Gasteiger partial charge in [0.15, 0.2) is 17.2 Å². The summed E-state index contributed by atoms with van der Waals surface area (Å²) in [5.74, 6) is -1.24. The van der Waals surface area contributed by atoms with E-state index in [0.29, 0.717) is 31.8 Å². The second-order valence-corrected chi connectivity index (χ2v) is 8.65. The van der Waals surface area contributed by atoms with E-state index in [9.17, 15) is 14.4 Å². The predicted octanol–water partition coefficient (Wildman–Crippen LogP) is 2.26. The molecule has 1 aromatic rings. The van der Waals surface area contributed by atoms with E-state index in [0.717, 1.165) is 0 Å². The minimum absolute atomic E-state index is 0.0138. The fourth-order valence-corrected chi connectivity index (χ4v) is 3.70. The Hall–Kier alpha value is -2.92. The van der Waals surface area contributed by atoms with Crippen LogP contribution in [0, 0.1) is 5.92 Å². The first-order valence-electron chi connectivity index (χ1n) is 11.6. The molecule has 0 aromatic carbocycles. The number of hydrogen-bond acceptors (Lipinski definition) is 10. The second-order valence-electron chi connectivity index (χ2n) is 8.65. The molecule has 0 spiro atoms. The summed E-state index contributed by atoms with van der Waals surface area (Å²) in [7, 11) is 2.96. The molecule has 11 nitrogen and oxygen atoms in total. The molecule has 2 heterocycles. The highest BCUT2D eigenvalue weighted by atomic mass is 16.7. The predicted molar refractivity (Wildman–Crippen MR) is 124 cm³/mol. The van der Waals surface area contributed by atoms with E-state index in [1.165, 1.54) is 26.3 Å². The summed E-state index contributed by atoms with van der Waals surface area (Å²) in [6.45, 7) is 7.21. The lowest BCUT2D eigenvalue weighted by molar-refractivity contribution is -0.165. The number of methoxy groups -OCH3 is 2. The monoisotopic (exact) mass is 496 g/mol. The molecule has 11 heteroatoms. The number of hydrogen-bond donors (Lipinski definition) is 1. The molecule has 35 heavy (non-hydrogen) atoms. The number of esters is 2. The zero-order chi connectivity index (χ0) is 26.0. The Kier molecular flexibility index (Phi) is 11.2. The lowest BCUT2D eigenvalue weighted by Gasteiger charge is -2.30. The first-order valence-corrected chi connectivity index (χ1v) is 11.6. The fourth-order valence-electron chi connectivity index (χ4n) is 3.70. The van der Waals surface area contributed by atoms with Crippen molar-refractivity contribution < 1.29 is 42.8 Å². The van der Waals surface area contributed by atoms with Gasteiger partial charge in [-0.2, -0.15) is 0 Å². The van der Waals surface area contributed by atoms with Gasteiger partial charge >= 0.3 is 11.9 Å². The quantitative estimate of drug-likeness (QED) is 0.380. The highest BCUT2D eigenvalue weighted by Crippen LogP contribution is 2.30. The molecule has 1 amide bonds. The van der Waals surface area contributed by atoms with Gasteiger partial charge in [-0.05, 0) is 32.1 Å². The van der Waals surface area contributed by atoms with Crippen molar-refractivity contribution in [2.75, 3.05) is 27.6 Å². The molecule has 0 aliphatic carbocycles. The van der Waals surface area contributed by atoms with Gasteiger partial charge in [-0.3, -0.25) is 9.59 Å². The van der Waals surface area contributed by atoms with Crippen LogP contribution in [0.15, 0.2) is 12.3 Å². The summed E-state index contributed by atoms with van der Waals surface area (Å²) in [6.07, 6.45) is 1.66. The Morgan fingerprint density at radius 2 is 2.00 bits per heavy atom. The number of nitrogens with one attached hydrogen (secondary N) is 1. The zero-order valence-electron chi connectivity index (χ0n) is 21.2. The van der Waals surface area contributed by atoms with Crippen LogP contribution in [0.5, 0.6) is 11.5 Å². The summed E-state index contributed by atoms with van der Waals surface area (Å²) < 4.78 is 32.8. The Morgan fingerprint density at radius 3 is 2.63 bits per heavy atom. The number of pyridine rings is 1. The van der Waals surface area contributed by atoms with Crippen LogP contribution >= 0.6 is 0 Å². The van der Waals surface area contributed by atoms with Crippen LogP contribution < -0.4 is 14.8 Å². The van der Waals surface area contributed by atoms with E-state index in [4.69, 9.17) is 28.4 Å². The van der Waals surface area contributed by atoms with Crippen molar-refractivity contribution in [1.29, 1.82) is 0 Å². The molecule has 4 atom stereocenters. The Balaban J connectivity index is 2.18. The summed E-state index contributed by atoms with van der Waals surface area (Å²) in [4.78, 5) is 41.2. The minimum Gasteiger partial charge on any atom is -0.493 e. The van der Waals surface area contributed by atoms with Crippen molar-refractivity contribution in [3.8, 4) is 11.5 Å². The number of aromatic nitrogens is 1. The van der Waals surface area contributed by atoms with E-state index in [1.54, 1.807) is 14.0 Å². The van der Waals surface area contributed by atoms with Crippen LogP contribution in [0.4, 0.5) is 0 Å². The second kappa shape index (κ2) is 13.8. The standard InChI is InChI=1S/C24H36N2O9/c1-14(2)12-32-19-9-7-8-17(24(29)35-15(3)21(19)31-6)26-23(28)20-22(34-13-33-16(4)27)18(30-5)10-11-25-20/h10-11,14-15,17,19,21H,7-9,12-13H2,1-6H3,(H,26,28)/t15-,17-,19-,21-/m0/s1. The molecule has 0 unspecified atom stereocenters. The average molecular weight is 497 g/mol. The highest BCUT2D eigenvalue weighted by Gasteiger charge is 2.35. The topological polar surface area (TPSA) is 132 Å². The largest absolute Gasteiger partial charge is 0.493 e. The summed E-state index contributed by atoms with van der Waals surface area (Å²) in [5, 5.41) is 2.69. The first kappa shape index (κ1) is 28.3. The number of ether oxygens (including phenoxy) is 6. The maximum absolute atomic E-state index is 13.1. The Labute approximate surface area is 205 Å². The van der Waals surface area contributed by atoms with Gasteiger partial charge in [0.2, 0.25) is 6.79 Å². The number of nitrogens with zero attached hydrogens (tertiary/aromatic N) is 1. The molecule has 1 aromatic heterocycles. The number of carbonyl (C=O) groups excluding carboxylic acids is 3. The molecule has 1 N–H and O–H groups in total. The molecule has 1 aliphatic rings. The molecule has 0 bridgehead atoms. The lowest BCUT2D eigenvalue weighted by Crippen LogP contribution is -2.45. The lowest BCUT2D eigenvalue weighted by atomic mass is 10.0. The van der Waals surface area contributed by atoms with Gasteiger partial charge in [0.25, 0.3) is 5.91 Å². The smallest absolute Gasteiger partial charge is 0.329 e. The molecule has 1 aliphatic heterocycles. The minimum atomic E-state index is -0.916. The molecular formula is C24H36N2O9. The number of amides is 1. The molecular weight excluding hydrogens is 460 g/mol. The van der Waals surface area contributed by atoms with E-state index >= 15 is 0 Å². The molecule has 0 radical (unpaired) electrons.